The molecule has 6 heteroatoms. The number of nitrogens with zero attached hydrogens (tertiary/aromatic N) is 2. The molecule has 90 valence electrons. The number of aromatic nitrogens is 2. The molecule has 0 aliphatic rings. The standard InChI is InChI=1S/C11H12N2O3S/c1-8(2)17(16)9-3-4-10-11(7-9)13(15)6-5-12(10)14/h3-8H,1-2H3. The van der Waals surface area contributed by atoms with Crippen molar-refractivity contribution in [1.82, 2.24) is 0 Å². The number of fused-ring (bicyclic) bond motifs is 1. The van der Waals surface area contributed by atoms with E-state index in [1.807, 2.05) is 13.8 Å². The maximum absolute atomic E-state index is 11.9. The van der Waals surface area contributed by atoms with Crippen LogP contribution in [0.25, 0.3) is 11.0 Å². The zero-order valence-electron chi connectivity index (χ0n) is 9.49. The van der Waals surface area contributed by atoms with E-state index in [0.29, 0.717) is 14.4 Å². The van der Waals surface area contributed by atoms with Gasteiger partial charge in [-0.1, -0.05) is 0 Å². The van der Waals surface area contributed by atoms with E-state index < -0.39 is 11.2 Å². The lowest BCUT2D eigenvalue weighted by Gasteiger charge is -2.13. The molecule has 0 amide bonds. The summed E-state index contributed by atoms with van der Waals surface area (Å²) >= 11 is -1.17. The Labute approximate surface area is 102 Å². The van der Waals surface area contributed by atoms with Gasteiger partial charge in [-0.2, -0.15) is 9.46 Å². The molecule has 1 aromatic carbocycles. The first-order valence-corrected chi connectivity index (χ1v) is 6.37. The molecule has 0 aliphatic heterocycles. The molecule has 0 N–H and O–H groups in total. The Bertz CT molecular complexity index is 560. The van der Waals surface area contributed by atoms with Crippen molar-refractivity contribution in [2.75, 3.05) is 0 Å². The highest BCUT2D eigenvalue weighted by molar-refractivity contribution is 7.92. The Morgan fingerprint density at radius 2 is 1.65 bits per heavy atom. The Morgan fingerprint density at radius 3 is 2.24 bits per heavy atom. The first kappa shape index (κ1) is 11.9. The van der Waals surface area contributed by atoms with Gasteiger partial charge in [-0.15, -0.1) is 0 Å². The average molecular weight is 252 g/mol. The largest absolute Gasteiger partial charge is 0.618 e. The lowest BCUT2D eigenvalue weighted by atomic mass is 10.3. The molecule has 0 bridgehead atoms. The highest BCUT2D eigenvalue weighted by Crippen LogP contribution is 2.18. The lowest BCUT2D eigenvalue weighted by molar-refractivity contribution is -0.628. The Balaban J connectivity index is 2.61. The van der Waals surface area contributed by atoms with Crippen molar-refractivity contribution in [2.24, 2.45) is 0 Å². The summed E-state index contributed by atoms with van der Waals surface area (Å²) in [5.74, 6) is 0. The zero-order valence-corrected chi connectivity index (χ0v) is 10.3. The summed E-state index contributed by atoms with van der Waals surface area (Å²) in [5, 5.41) is 22.9. The van der Waals surface area contributed by atoms with Gasteiger partial charge < -0.3 is 15.0 Å². The molecular formula is C11H12N2O3S. The highest BCUT2D eigenvalue weighted by atomic mass is 32.2. The van der Waals surface area contributed by atoms with E-state index in [1.54, 1.807) is 6.07 Å². The quantitative estimate of drug-likeness (QED) is 0.446. The highest BCUT2D eigenvalue weighted by Gasteiger charge is 2.20. The summed E-state index contributed by atoms with van der Waals surface area (Å²) in [6.45, 7) is 3.68. The van der Waals surface area contributed by atoms with Crippen LogP contribution in [0.15, 0.2) is 35.5 Å². The number of benzene rings is 1. The van der Waals surface area contributed by atoms with E-state index in [4.69, 9.17) is 0 Å². The van der Waals surface area contributed by atoms with Crippen LogP contribution in [0.3, 0.4) is 0 Å². The van der Waals surface area contributed by atoms with Crippen LogP contribution < -0.4 is 9.46 Å². The van der Waals surface area contributed by atoms with Crippen LogP contribution in [0.1, 0.15) is 13.8 Å². The van der Waals surface area contributed by atoms with Crippen LogP contribution in [0.5, 0.6) is 0 Å². The van der Waals surface area contributed by atoms with Crippen molar-refractivity contribution in [2.45, 2.75) is 24.0 Å². The Morgan fingerprint density at radius 1 is 1.06 bits per heavy atom. The normalized spacial score (nSPS) is 13.2. The summed E-state index contributed by atoms with van der Waals surface area (Å²) in [6.07, 6.45) is 2.28. The molecule has 2 aromatic rings. The number of rotatable bonds is 2. The van der Waals surface area contributed by atoms with Crippen LogP contribution >= 0.6 is 0 Å². The first-order chi connectivity index (χ1) is 8.00. The van der Waals surface area contributed by atoms with Crippen LogP contribution in [0.2, 0.25) is 0 Å². The van der Waals surface area contributed by atoms with Gasteiger partial charge in [-0.25, -0.2) is 0 Å². The molecular weight excluding hydrogens is 240 g/mol. The second kappa shape index (κ2) is 4.38. The predicted octanol–water partition coefficient (Wildman–Crippen LogP) is 0.623. The minimum absolute atomic E-state index is 0.0318. The van der Waals surface area contributed by atoms with E-state index in [2.05, 4.69) is 0 Å². The van der Waals surface area contributed by atoms with Gasteiger partial charge in [0.2, 0.25) is 12.4 Å². The first-order valence-electron chi connectivity index (χ1n) is 5.16. The molecule has 0 spiro atoms. The van der Waals surface area contributed by atoms with Crippen molar-refractivity contribution in [3.63, 3.8) is 0 Å². The molecule has 1 heterocycles. The van der Waals surface area contributed by atoms with E-state index in [9.17, 15) is 15.0 Å². The smallest absolute Gasteiger partial charge is 0.295 e. The maximum atomic E-state index is 11.9. The number of hydrogen-bond donors (Lipinski definition) is 0. The third-order valence-electron chi connectivity index (χ3n) is 2.42. The van der Waals surface area contributed by atoms with Gasteiger partial charge in [0.1, 0.15) is 5.25 Å². The third-order valence-corrected chi connectivity index (χ3v) is 3.99. The van der Waals surface area contributed by atoms with E-state index in [0.717, 1.165) is 12.4 Å². The van der Waals surface area contributed by atoms with Gasteiger partial charge in [0.15, 0.2) is 4.90 Å². The van der Waals surface area contributed by atoms with Crippen LogP contribution in [0, 0.1) is 10.4 Å². The fraction of sp³-hybridized carbons (Fsp3) is 0.273. The van der Waals surface area contributed by atoms with E-state index >= 15 is 0 Å². The zero-order chi connectivity index (χ0) is 12.6. The summed E-state index contributed by atoms with van der Waals surface area (Å²) in [6, 6.07) is 4.64. The molecule has 1 unspecified atom stereocenters. The fourth-order valence-electron chi connectivity index (χ4n) is 1.55. The average Bonchev–Trinajstić information content (AvgIpc) is 2.32. The van der Waals surface area contributed by atoms with Crippen LogP contribution in [-0.4, -0.2) is 9.80 Å². The lowest BCUT2D eigenvalue weighted by Crippen LogP contribution is -2.37. The molecule has 1 atom stereocenters. The second-order valence-corrected chi connectivity index (χ2v) is 5.96. The minimum Gasteiger partial charge on any atom is -0.618 e. The van der Waals surface area contributed by atoms with E-state index in [-0.39, 0.29) is 16.3 Å². The van der Waals surface area contributed by atoms with Crippen molar-refractivity contribution in [3.8, 4) is 0 Å². The topological polar surface area (TPSA) is 76.9 Å². The molecule has 0 saturated carbocycles. The molecule has 2 rings (SSSR count). The SMILES string of the molecule is CC(C)[S+]([O-])c1ccc2c(c1)[n+]([O-])cc[n+]2[O-]. The van der Waals surface area contributed by atoms with Crippen LogP contribution in [0.4, 0.5) is 0 Å². The van der Waals surface area contributed by atoms with Crippen LogP contribution in [-0.2, 0) is 11.2 Å². The van der Waals surface area contributed by atoms with Crippen molar-refractivity contribution >= 4 is 22.2 Å². The summed E-state index contributed by atoms with van der Waals surface area (Å²) in [7, 11) is 0. The molecule has 1 aromatic heterocycles. The summed E-state index contributed by atoms with van der Waals surface area (Å²) in [5.41, 5.74) is 0.501. The predicted molar refractivity (Wildman–Crippen MR) is 63.4 cm³/mol. The maximum Gasteiger partial charge on any atom is 0.295 e. The molecule has 5 nitrogen and oxygen atoms in total. The van der Waals surface area contributed by atoms with Crippen molar-refractivity contribution < 1.29 is 14.0 Å². The Hall–Kier alpha value is -1.53. The molecule has 0 radical (unpaired) electrons. The van der Waals surface area contributed by atoms with Gasteiger partial charge in [0.25, 0.3) is 11.0 Å². The van der Waals surface area contributed by atoms with E-state index in [1.165, 1.54) is 12.1 Å². The second-order valence-electron chi connectivity index (χ2n) is 3.95. The molecule has 17 heavy (non-hydrogen) atoms. The summed E-state index contributed by atoms with van der Waals surface area (Å²) < 4.78 is 13.1. The monoisotopic (exact) mass is 252 g/mol. The minimum atomic E-state index is -1.17. The van der Waals surface area contributed by atoms with Crippen molar-refractivity contribution in [3.05, 3.63) is 41.0 Å². The van der Waals surface area contributed by atoms with Gasteiger partial charge in [0, 0.05) is 12.1 Å². The number of hydrogen-bond acceptors (Lipinski definition) is 3. The Kier molecular flexibility index (Phi) is 3.08. The fourth-order valence-corrected chi connectivity index (χ4v) is 2.52. The molecule has 0 aliphatic carbocycles. The van der Waals surface area contributed by atoms with Gasteiger partial charge in [-0.05, 0) is 25.0 Å². The van der Waals surface area contributed by atoms with Crippen molar-refractivity contribution in [1.29, 1.82) is 0 Å². The van der Waals surface area contributed by atoms with Gasteiger partial charge >= 0.3 is 0 Å². The van der Waals surface area contributed by atoms with Gasteiger partial charge in [0.05, 0.1) is 6.07 Å². The molecule has 0 saturated heterocycles. The molecule has 0 fully saturated rings. The van der Waals surface area contributed by atoms with Gasteiger partial charge in [-0.3, -0.25) is 0 Å². The summed E-state index contributed by atoms with van der Waals surface area (Å²) in [4.78, 5) is 0.559. The third kappa shape index (κ3) is 2.13.